The second-order valence-electron chi connectivity index (χ2n) is 4.00. The molecular formula is C12H14Cl2N2O3. The molecule has 0 fully saturated rings. The normalized spacial score (nSPS) is 12.0. The molecule has 7 heteroatoms. The van der Waals surface area contributed by atoms with Crippen molar-refractivity contribution >= 4 is 40.8 Å². The van der Waals surface area contributed by atoms with E-state index in [1.165, 1.54) is 12.1 Å². The van der Waals surface area contributed by atoms with E-state index >= 15 is 0 Å². The molecule has 0 spiro atoms. The quantitative estimate of drug-likeness (QED) is 0.780. The number of halogens is 2. The van der Waals surface area contributed by atoms with Gasteiger partial charge in [-0.15, -0.1) is 0 Å². The van der Waals surface area contributed by atoms with Crippen molar-refractivity contribution < 1.29 is 14.7 Å². The van der Waals surface area contributed by atoms with Crippen LogP contribution in [0.2, 0.25) is 10.0 Å². The van der Waals surface area contributed by atoms with Crippen molar-refractivity contribution in [2.24, 2.45) is 5.73 Å². The van der Waals surface area contributed by atoms with Crippen molar-refractivity contribution in [2.45, 2.75) is 25.8 Å². The molecule has 1 aromatic rings. The molecule has 0 radical (unpaired) electrons. The maximum absolute atomic E-state index is 11.8. The van der Waals surface area contributed by atoms with Crippen molar-refractivity contribution in [1.29, 1.82) is 0 Å². The van der Waals surface area contributed by atoms with Crippen molar-refractivity contribution in [2.75, 3.05) is 5.32 Å². The highest BCUT2D eigenvalue weighted by Crippen LogP contribution is 2.32. The zero-order valence-corrected chi connectivity index (χ0v) is 11.8. The Labute approximate surface area is 120 Å². The van der Waals surface area contributed by atoms with Gasteiger partial charge in [-0.25, -0.2) is 4.79 Å². The summed E-state index contributed by atoms with van der Waals surface area (Å²) in [5, 5.41) is 11.5. The topological polar surface area (TPSA) is 92.4 Å². The maximum Gasteiger partial charge on any atom is 0.335 e. The zero-order chi connectivity index (χ0) is 14.6. The summed E-state index contributed by atoms with van der Waals surface area (Å²) in [5.41, 5.74) is 5.78. The first-order chi connectivity index (χ1) is 8.86. The number of rotatable bonds is 5. The summed E-state index contributed by atoms with van der Waals surface area (Å²) >= 11 is 11.8. The highest BCUT2D eigenvalue weighted by atomic mass is 35.5. The Morgan fingerprint density at radius 2 is 1.89 bits per heavy atom. The van der Waals surface area contributed by atoms with Crippen LogP contribution in [-0.4, -0.2) is 23.0 Å². The minimum Gasteiger partial charge on any atom is -0.478 e. The molecule has 4 N–H and O–H groups in total. The molecular weight excluding hydrogens is 291 g/mol. The molecule has 1 amide bonds. The first kappa shape index (κ1) is 15.8. The van der Waals surface area contributed by atoms with Gasteiger partial charge in [0.25, 0.3) is 0 Å². The Kier molecular flexibility index (Phi) is 5.60. The van der Waals surface area contributed by atoms with Crippen LogP contribution in [-0.2, 0) is 4.79 Å². The molecule has 0 aromatic heterocycles. The number of nitrogens with one attached hydrogen (secondary N) is 1. The number of carboxylic acid groups (broad SMARTS) is 1. The minimum absolute atomic E-state index is 0.0501. The summed E-state index contributed by atoms with van der Waals surface area (Å²) in [6.45, 7) is 1.91. The molecule has 1 aromatic carbocycles. The summed E-state index contributed by atoms with van der Waals surface area (Å²) < 4.78 is 0. The molecule has 0 aliphatic rings. The summed E-state index contributed by atoms with van der Waals surface area (Å²) in [7, 11) is 0. The molecule has 1 rings (SSSR count). The highest BCUT2D eigenvalue weighted by Gasteiger charge is 2.17. The van der Waals surface area contributed by atoms with Gasteiger partial charge in [0, 0.05) is 0 Å². The van der Waals surface area contributed by atoms with Gasteiger partial charge in [-0.05, 0) is 18.6 Å². The monoisotopic (exact) mass is 304 g/mol. The van der Waals surface area contributed by atoms with E-state index in [2.05, 4.69) is 5.32 Å². The molecule has 104 valence electrons. The third-order valence-electron chi connectivity index (χ3n) is 2.47. The van der Waals surface area contributed by atoms with E-state index in [0.717, 1.165) is 6.42 Å². The van der Waals surface area contributed by atoms with Crippen LogP contribution < -0.4 is 11.1 Å². The first-order valence-electron chi connectivity index (χ1n) is 5.65. The van der Waals surface area contributed by atoms with Gasteiger partial charge in [0.2, 0.25) is 5.91 Å². The number of hydrogen-bond donors (Lipinski definition) is 3. The summed E-state index contributed by atoms with van der Waals surface area (Å²) in [5.74, 6) is -1.56. The number of hydrogen-bond acceptors (Lipinski definition) is 3. The summed E-state index contributed by atoms with van der Waals surface area (Å²) in [6.07, 6.45) is 1.31. The minimum atomic E-state index is -1.15. The van der Waals surface area contributed by atoms with Crippen LogP contribution in [0.1, 0.15) is 30.1 Å². The fraction of sp³-hybridized carbons (Fsp3) is 0.333. The number of aromatic carboxylic acids is 1. The maximum atomic E-state index is 11.8. The molecule has 19 heavy (non-hydrogen) atoms. The molecule has 1 atom stereocenters. The van der Waals surface area contributed by atoms with Gasteiger partial charge >= 0.3 is 5.97 Å². The van der Waals surface area contributed by atoms with Crippen LogP contribution in [0.4, 0.5) is 5.69 Å². The predicted molar refractivity (Wildman–Crippen MR) is 74.9 cm³/mol. The number of carboxylic acids is 1. The second-order valence-corrected chi connectivity index (χ2v) is 4.82. The van der Waals surface area contributed by atoms with E-state index in [-0.39, 0.29) is 21.3 Å². The average Bonchev–Trinajstić information content (AvgIpc) is 2.33. The Morgan fingerprint density at radius 3 is 2.32 bits per heavy atom. The molecule has 0 saturated heterocycles. The molecule has 0 unspecified atom stereocenters. The average molecular weight is 305 g/mol. The highest BCUT2D eigenvalue weighted by molar-refractivity contribution is 6.40. The van der Waals surface area contributed by atoms with Crippen LogP contribution in [0.5, 0.6) is 0 Å². The van der Waals surface area contributed by atoms with Crippen molar-refractivity contribution in [1.82, 2.24) is 0 Å². The third kappa shape index (κ3) is 4.09. The van der Waals surface area contributed by atoms with Gasteiger partial charge < -0.3 is 16.2 Å². The zero-order valence-electron chi connectivity index (χ0n) is 10.2. The number of carbonyl (C=O) groups is 2. The van der Waals surface area contributed by atoms with Gasteiger partial charge in [0.05, 0.1) is 27.3 Å². The molecule has 0 aliphatic heterocycles. The standard InChI is InChI=1S/C12H14Cl2N2O3/c1-2-3-9(15)11(17)16-10-7(13)4-6(12(18)19)5-8(10)14/h4-5,9H,2-3,15H2,1H3,(H,16,17)(H,18,19)/t9-/m0/s1. The largest absolute Gasteiger partial charge is 0.478 e. The number of carbonyl (C=O) groups excluding carboxylic acids is 1. The Balaban J connectivity index is 2.96. The van der Waals surface area contributed by atoms with Crippen molar-refractivity contribution in [3.8, 4) is 0 Å². The van der Waals surface area contributed by atoms with Gasteiger partial charge in [-0.1, -0.05) is 36.5 Å². The van der Waals surface area contributed by atoms with Gasteiger partial charge in [0.1, 0.15) is 0 Å². The fourth-order valence-electron chi connectivity index (χ4n) is 1.47. The third-order valence-corrected chi connectivity index (χ3v) is 3.07. The SMILES string of the molecule is CCC[C@H](N)C(=O)Nc1c(Cl)cc(C(=O)O)cc1Cl. The molecule has 5 nitrogen and oxygen atoms in total. The van der Waals surface area contributed by atoms with E-state index in [1.54, 1.807) is 0 Å². The van der Waals surface area contributed by atoms with E-state index in [0.29, 0.717) is 6.42 Å². The van der Waals surface area contributed by atoms with Crippen LogP contribution in [0.15, 0.2) is 12.1 Å². The fourth-order valence-corrected chi connectivity index (χ4v) is 2.06. The summed E-state index contributed by atoms with van der Waals surface area (Å²) in [6, 6.07) is 1.78. The lowest BCUT2D eigenvalue weighted by atomic mass is 10.1. The molecule has 0 heterocycles. The lowest BCUT2D eigenvalue weighted by Gasteiger charge is -2.14. The number of nitrogens with two attached hydrogens (primary N) is 1. The van der Waals surface area contributed by atoms with Crippen molar-refractivity contribution in [3.05, 3.63) is 27.7 Å². The predicted octanol–water partition coefficient (Wildman–Crippen LogP) is 2.76. The van der Waals surface area contributed by atoms with Gasteiger partial charge in [-0.3, -0.25) is 4.79 Å². The van der Waals surface area contributed by atoms with Gasteiger partial charge in [0.15, 0.2) is 0 Å². The number of anilines is 1. The molecule has 0 bridgehead atoms. The first-order valence-corrected chi connectivity index (χ1v) is 6.41. The van der Waals surface area contributed by atoms with Crippen LogP contribution in [0, 0.1) is 0 Å². The van der Waals surface area contributed by atoms with E-state index in [1.807, 2.05) is 6.92 Å². The smallest absolute Gasteiger partial charge is 0.335 e. The Hall–Kier alpha value is -1.30. The molecule has 0 saturated carbocycles. The van der Waals surface area contributed by atoms with Crippen LogP contribution >= 0.6 is 23.2 Å². The van der Waals surface area contributed by atoms with E-state index in [4.69, 9.17) is 34.0 Å². The van der Waals surface area contributed by atoms with Crippen LogP contribution in [0.25, 0.3) is 0 Å². The second kappa shape index (κ2) is 6.75. The van der Waals surface area contributed by atoms with Crippen molar-refractivity contribution in [3.63, 3.8) is 0 Å². The van der Waals surface area contributed by atoms with Crippen LogP contribution in [0.3, 0.4) is 0 Å². The Morgan fingerprint density at radius 1 is 1.37 bits per heavy atom. The Bertz CT molecular complexity index is 483. The lowest BCUT2D eigenvalue weighted by molar-refractivity contribution is -0.117. The van der Waals surface area contributed by atoms with E-state index < -0.39 is 17.9 Å². The van der Waals surface area contributed by atoms with Gasteiger partial charge in [-0.2, -0.15) is 0 Å². The molecule has 0 aliphatic carbocycles. The summed E-state index contributed by atoms with van der Waals surface area (Å²) in [4.78, 5) is 22.6. The lowest BCUT2D eigenvalue weighted by Crippen LogP contribution is -2.35. The van der Waals surface area contributed by atoms with E-state index in [9.17, 15) is 9.59 Å². The number of amides is 1. The number of benzene rings is 1.